The molecular weight excluding hydrogens is 248 g/mol. The summed E-state index contributed by atoms with van der Waals surface area (Å²) in [5.74, 6) is 1.30. The summed E-state index contributed by atoms with van der Waals surface area (Å²) in [4.78, 5) is 0. The van der Waals surface area contributed by atoms with E-state index in [2.05, 4.69) is 11.2 Å². The number of alkyl halides is 1. The third-order valence-corrected chi connectivity index (χ3v) is 3.12. The maximum absolute atomic E-state index is 5.92. The first-order valence-corrected chi connectivity index (χ1v) is 6.41. The monoisotopic (exact) mass is 264 g/mol. The van der Waals surface area contributed by atoms with E-state index in [0.717, 1.165) is 22.7 Å². The zero-order valence-corrected chi connectivity index (χ0v) is 11.7. The van der Waals surface area contributed by atoms with Crippen LogP contribution in [-0.4, -0.2) is 9.78 Å². The maximum Gasteiger partial charge on any atom is 0.130 e. The van der Waals surface area contributed by atoms with Gasteiger partial charge < -0.3 is 4.74 Å². The van der Waals surface area contributed by atoms with Crippen LogP contribution in [-0.2, 0) is 19.5 Å². The van der Waals surface area contributed by atoms with Crippen molar-refractivity contribution in [2.45, 2.75) is 26.3 Å². The van der Waals surface area contributed by atoms with Crippen LogP contribution in [0.1, 0.15) is 22.5 Å². The number of halogens is 1. The van der Waals surface area contributed by atoms with Crippen molar-refractivity contribution in [1.82, 2.24) is 9.78 Å². The Hall–Kier alpha value is -1.48. The van der Waals surface area contributed by atoms with Crippen molar-refractivity contribution in [3.63, 3.8) is 0 Å². The molecule has 2 rings (SSSR count). The zero-order chi connectivity index (χ0) is 13.1. The van der Waals surface area contributed by atoms with Crippen molar-refractivity contribution in [1.29, 1.82) is 0 Å². The molecule has 0 bridgehead atoms. The summed E-state index contributed by atoms with van der Waals surface area (Å²) < 4.78 is 7.66. The molecule has 2 aromatic rings. The molecule has 0 aliphatic carbocycles. The van der Waals surface area contributed by atoms with Gasteiger partial charge in [-0.15, -0.1) is 11.6 Å². The zero-order valence-electron chi connectivity index (χ0n) is 10.9. The van der Waals surface area contributed by atoms with E-state index in [0.29, 0.717) is 12.5 Å². The summed E-state index contributed by atoms with van der Waals surface area (Å²) in [6.45, 7) is 4.52. The van der Waals surface area contributed by atoms with Gasteiger partial charge in [0.25, 0.3) is 0 Å². The number of rotatable bonds is 4. The molecular formula is C14H17ClN2O. The number of aryl methyl sites for hydroxylation is 3. The third kappa shape index (κ3) is 2.85. The van der Waals surface area contributed by atoms with Gasteiger partial charge in [-0.1, -0.05) is 17.7 Å². The molecule has 1 heterocycles. The first kappa shape index (κ1) is 13.0. The van der Waals surface area contributed by atoms with Gasteiger partial charge in [0.15, 0.2) is 0 Å². The Morgan fingerprint density at radius 3 is 2.67 bits per heavy atom. The van der Waals surface area contributed by atoms with E-state index >= 15 is 0 Å². The highest BCUT2D eigenvalue weighted by Gasteiger charge is 2.06. The first-order valence-electron chi connectivity index (χ1n) is 5.88. The molecule has 0 amide bonds. The van der Waals surface area contributed by atoms with Gasteiger partial charge in [0.05, 0.1) is 17.3 Å². The summed E-state index contributed by atoms with van der Waals surface area (Å²) in [5.41, 5.74) is 4.26. The fraction of sp³-hybridized carbons (Fsp3) is 0.357. The highest BCUT2D eigenvalue weighted by Crippen LogP contribution is 2.22. The Morgan fingerprint density at radius 2 is 2.06 bits per heavy atom. The normalized spacial score (nSPS) is 10.7. The molecule has 1 aromatic carbocycles. The second kappa shape index (κ2) is 5.44. The van der Waals surface area contributed by atoms with Crippen molar-refractivity contribution >= 4 is 11.6 Å². The van der Waals surface area contributed by atoms with Crippen molar-refractivity contribution in [3.8, 4) is 5.75 Å². The molecule has 3 nitrogen and oxygen atoms in total. The number of benzene rings is 1. The summed E-state index contributed by atoms with van der Waals surface area (Å²) in [6, 6.07) is 8.07. The summed E-state index contributed by atoms with van der Waals surface area (Å²) in [7, 11) is 1.92. The SMILES string of the molecule is Cc1ccc(OCc2cc(C)nn2C)c(CCl)c1. The Kier molecular flexibility index (Phi) is 3.92. The minimum absolute atomic E-state index is 0.460. The number of aromatic nitrogens is 2. The quantitative estimate of drug-likeness (QED) is 0.792. The number of nitrogens with zero attached hydrogens (tertiary/aromatic N) is 2. The highest BCUT2D eigenvalue weighted by molar-refractivity contribution is 6.17. The van der Waals surface area contributed by atoms with E-state index in [1.54, 1.807) is 0 Å². The molecule has 4 heteroatoms. The lowest BCUT2D eigenvalue weighted by Gasteiger charge is -2.10. The Balaban J connectivity index is 2.13. The van der Waals surface area contributed by atoms with Crippen LogP contribution in [0.25, 0.3) is 0 Å². The lowest BCUT2D eigenvalue weighted by Crippen LogP contribution is -2.04. The van der Waals surface area contributed by atoms with E-state index < -0.39 is 0 Å². The maximum atomic E-state index is 5.92. The van der Waals surface area contributed by atoms with Crippen LogP contribution >= 0.6 is 11.6 Å². The van der Waals surface area contributed by atoms with Crippen LogP contribution in [0.4, 0.5) is 0 Å². The van der Waals surface area contributed by atoms with E-state index in [-0.39, 0.29) is 0 Å². The molecule has 0 atom stereocenters. The molecule has 0 aliphatic heterocycles. The van der Waals surface area contributed by atoms with Gasteiger partial charge in [-0.25, -0.2) is 0 Å². The van der Waals surface area contributed by atoms with E-state index in [1.807, 2.05) is 43.8 Å². The van der Waals surface area contributed by atoms with Crippen LogP contribution < -0.4 is 4.74 Å². The van der Waals surface area contributed by atoms with Crippen LogP contribution in [0.2, 0.25) is 0 Å². The van der Waals surface area contributed by atoms with Gasteiger partial charge in [-0.2, -0.15) is 5.10 Å². The molecule has 1 aromatic heterocycles. The van der Waals surface area contributed by atoms with Gasteiger partial charge in [0.1, 0.15) is 12.4 Å². The summed E-state index contributed by atoms with van der Waals surface area (Å²) >= 11 is 5.92. The van der Waals surface area contributed by atoms with E-state index in [1.165, 1.54) is 5.56 Å². The minimum atomic E-state index is 0.460. The number of hydrogen-bond acceptors (Lipinski definition) is 2. The van der Waals surface area contributed by atoms with E-state index in [4.69, 9.17) is 16.3 Å². The van der Waals surface area contributed by atoms with Gasteiger partial charge in [0.2, 0.25) is 0 Å². The second-order valence-electron chi connectivity index (χ2n) is 4.43. The van der Waals surface area contributed by atoms with Crippen molar-refractivity contribution in [2.75, 3.05) is 0 Å². The predicted molar refractivity (Wildman–Crippen MR) is 73.0 cm³/mol. The van der Waals surface area contributed by atoms with Crippen LogP contribution in [0.5, 0.6) is 5.75 Å². The van der Waals surface area contributed by atoms with Crippen molar-refractivity contribution in [3.05, 3.63) is 46.8 Å². The van der Waals surface area contributed by atoms with Gasteiger partial charge in [-0.3, -0.25) is 4.68 Å². The molecule has 0 saturated carbocycles. The minimum Gasteiger partial charge on any atom is -0.487 e. The lowest BCUT2D eigenvalue weighted by molar-refractivity contribution is 0.292. The number of hydrogen-bond donors (Lipinski definition) is 0. The Labute approximate surface area is 112 Å². The van der Waals surface area contributed by atoms with Gasteiger partial charge in [0, 0.05) is 12.6 Å². The molecule has 0 spiro atoms. The average Bonchev–Trinajstić information content (AvgIpc) is 2.66. The fourth-order valence-electron chi connectivity index (χ4n) is 1.90. The van der Waals surface area contributed by atoms with Crippen molar-refractivity contribution < 1.29 is 4.74 Å². The second-order valence-corrected chi connectivity index (χ2v) is 4.70. The molecule has 0 aliphatic rings. The smallest absolute Gasteiger partial charge is 0.130 e. The highest BCUT2D eigenvalue weighted by atomic mass is 35.5. The molecule has 0 radical (unpaired) electrons. The molecule has 0 fully saturated rings. The van der Waals surface area contributed by atoms with E-state index in [9.17, 15) is 0 Å². The van der Waals surface area contributed by atoms with Gasteiger partial charge >= 0.3 is 0 Å². The molecule has 0 saturated heterocycles. The standard InChI is InChI=1S/C14H17ClN2O/c1-10-4-5-14(12(6-10)8-15)18-9-13-7-11(2)16-17(13)3/h4-7H,8-9H2,1-3H3. The van der Waals surface area contributed by atoms with Crippen molar-refractivity contribution in [2.24, 2.45) is 7.05 Å². The topological polar surface area (TPSA) is 27.1 Å². The molecule has 18 heavy (non-hydrogen) atoms. The lowest BCUT2D eigenvalue weighted by atomic mass is 10.1. The Morgan fingerprint density at radius 1 is 1.28 bits per heavy atom. The summed E-state index contributed by atoms with van der Waals surface area (Å²) in [5, 5.41) is 4.29. The van der Waals surface area contributed by atoms with Gasteiger partial charge in [-0.05, 0) is 26.0 Å². The molecule has 96 valence electrons. The molecule has 0 N–H and O–H groups in total. The van der Waals surface area contributed by atoms with Crippen LogP contribution in [0.3, 0.4) is 0 Å². The fourth-order valence-corrected chi connectivity index (χ4v) is 2.11. The molecule has 0 unspecified atom stereocenters. The third-order valence-electron chi connectivity index (χ3n) is 2.83. The summed E-state index contributed by atoms with van der Waals surface area (Å²) in [6.07, 6.45) is 0. The predicted octanol–water partition coefficient (Wildman–Crippen LogP) is 3.35. The Bertz CT molecular complexity index is 549. The number of ether oxygens (including phenoxy) is 1. The van der Waals surface area contributed by atoms with Crippen LogP contribution in [0.15, 0.2) is 24.3 Å². The largest absolute Gasteiger partial charge is 0.487 e. The first-order chi connectivity index (χ1) is 8.60. The van der Waals surface area contributed by atoms with Crippen LogP contribution in [0, 0.1) is 13.8 Å². The average molecular weight is 265 g/mol.